The first-order valence-electron chi connectivity index (χ1n) is 5.87. The quantitative estimate of drug-likeness (QED) is 0.629. The first kappa shape index (κ1) is 12.3. The molecular formula is C14H10ClN5. The topological polar surface area (TPSA) is 90.5 Å². The Hall–Kier alpha value is -2.71. The molecule has 0 amide bonds. The summed E-state index contributed by atoms with van der Waals surface area (Å²) in [5, 5.41) is 12.5. The van der Waals surface area contributed by atoms with Crippen LogP contribution in [0, 0.1) is 11.3 Å². The number of halogens is 1. The van der Waals surface area contributed by atoms with Crippen LogP contribution in [-0.4, -0.2) is 9.97 Å². The molecule has 0 bridgehead atoms. The van der Waals surface area contributed by atoms with Crippen LogP contribution in [-0.2, 0) is 0 Å². The third-order valence-electron chi connectivity index (χ3n) is 2.85. The fraction of sp³-hybridized carbons (Fsp3) is 0. The number of nitrogens with zero attached hydrogens (tertiary/aromatic N) is 2. The minimum Gasteiger partial charge on any atom is -0.399 e. The Kier molecular flexibility index (Phi) is 2.93. The lowest BCUT2D eigenvalue weighted by atomic mass is 10.2. The molecule has 20 heavy (non-hydrogen) atoms. The van der Waals surface area contributed by atoms with Gasteiger partial charge in [0.05, 0.1) is 33.4 Å². The van der Waals surface area contributed by atoms with Crippen LogP contribution in [0.25, 0.3) is 11.0 Å². The Morgan fingerprint density at radius 3 is 2.90 bits per heavy atom. The molecule has 98 valence electrons. The predicted octanol–water partition coefficient (Wildman–Crippen LogP) is 3.41. The van der Waals surface area contributed by atoms with Gasteiger partial charge < -0.3 is 16.0 Å². The summed E-state index contributed by atoms with van der Waals surface area (Å²) in [6.07, 6.45) is 0. The van der Waals surface area contributed by atoms with Crippen LogP contribution in [0.1, 0.15) is 5.56 Å². The summed E-state index contributed by atoms with van der Waals surface area (Å²) in [5.41, 5.74) is 9.17. The summed E-state index contributed by atoms with van der Waals surface area (Å²) >= 11 is 6.09. The third-order valence-corrected chi connectivity index (χ3v) is 3.18. The largest absolute Gasteiger partial charge is 0.399 e. The first-order chi connectivity index (χ1) is 9.65. The molecule has 0 aliphatic carbocycles. The van der Waals surface area contributed by atoms with Crippen molar-refractivity contribution in [2.24, 2.45) is 0 Å². The summed E-state index contributed by atoms with van der Waals surface area (Å²) in [7, 11) is 0. The number of aromatic amines is 1. The maximum atomic E-state index is 8.91. The average molecular weight is 284 g/mol. The van der Waals surface area contributed by atoms with Gasteiger partial charge in [-0.3, -0.25) is 0 Å². The molecule has 0 spiro atoms. The minimum absolute atomic E-state index is 0.518. The van der Waals surface area contributed by atoms with Gasteiger partial charge in [0, 0.05) is 5.69 Å². The van der Waals surface area contributed by atoms with Crippen molar-refractivity contribution in [2.75, 3.05) is 11.1 Å². The Morgan fingerprint density at radius 2 is 2.10 bits per heavy atom. The summed E-state index contributed by atoms with van der Waals surface area (Å²) in [4.78, 5) is 7.49. The highest BCUT2D eigenvalue weighted by Gasteiger charge is 2.06. The number of H-pyrrole nitrogens is 1. The summed E-state index contributed by atoms with van der Waals surface area (Å²) in [5.74, 6) is 0.544. The lowest BCUT2D eigenvalue weighted by Gasteiger charge is -2.05. The molecule has 3 aromatic rings. The van der Waals surface area contributed by atoms with E-state index in [-0.39, 0.29) is 0 Å². The zero-order chi connectivity index (χ0) is 14.1. The van der Waals surface area contributed by atoms with Gasteiger partial charge in [0.25, 0.3) is 0 Å². The number of nitrogens with one attached hydrogen (secondary N) is 2. The molecule has 1 aromatic heterocycles. The fourth-order valence-electron chi connectivity index (χ4n) is 1.90. The second kappa shape index (κ2) is 4.76. The highest BCUT2D eigenvalue weighted by Crippen LogP contribution is 2.26. The first-order valence-corrected chi connectivity index (χ1v) is 6.25. The van der Waals surface area contributed by atoms with Gasteiger partial charge in [-0.05, 0) is 36.4 Å². The van der Waals surface area contributed by atoms with Crippen molar-refractivity contribution in [3.63, 3.8) is 0 Å². The molecule has 0 unspecified atom stereocenters. The van der Waals surface area contributed by atoms with E-state index < -0.39 is 0 Å². The highest BCUT2D eigenvalue weighted by atomic mass is 35.5. The molecule has 1 heterocycles. The van der Waals surface area contributed by atoms with Crippen molar-refractivity contribution in [3.8, 4) is 6.07 Å². The molecule has 0 radical (unpaired) electrons. The number of imidazole rings is 1. The number of aromatic nitrogens is 2. The molecule has 4 N–H and O–H groups in total. The SMILES string of the molecule is N#Cc1ccc(Cl)c(Nc2nc3ccc(N)cc3[nH]2)c1. The Labute approximate surface area is 120 Å². The van der Waals surface area contributed by atoms with Crippen LogP contribution in [0.3, 0.4) is 0 Å². The van der Waals surface area contributed by atoms with Crippen LogP contribution >= 0.6 is 11.6 Å². The second-order valence-electron chi connectivity index (χ2n) is 4.29. The van der Waals surface area contributed by atoms with E-state index in [1.807, 2.05) is 6.07 Å². The maximum absolute atomic E-state index is 8.91. The van der Waals surface area contributed by atoms with Gasteiger partial charge in [0.15, 0.2) is 0 Å². The molecule has 2 aromatic carbocycles. The van der Waals surface area contributed by atoms with Gasteiger partial charge in [-0.25, -0.2) is 4.98 Å². The van der Waals surface area contributed by atoms with Crippen molar-refractivity contribution < 1.29 is 0 Å². The van der Waals surface area contributed by atoms with E-state index >= 15 is 0 Å². The molecule has 0 saturated carbocycles. The smallest absolute Gasteiger partial charge is 0.205 e. The number of rotatable bonds is 2. The molecule has 6 heteroatoms. The number of nitrogens with two attached hydrogens (primary N) is 1. The number of hydrogen-bond donors (Lipinski definition) is 3. The number of benzene rings is 2. The van der Waals surface area contributed by atoms with E-state index in [0.29, 0.717) is 27.9 Å². The summed E-state index contributed by atoms with van der Waals surface area (Å²) in [6, 6.07) is 12.5. The zero-order valence-corrected chi connectivity index (χ0v) is 11.1. The van der Waals surface area contributed by atoms with E-state index in [9.17, 15) is 0 Å². The van der Waals surface area contributed by atoms with E-state index in [1.54, 1.807) is 30.3 Å². The maximum Gasteiger partial charge on any atom is 0.205 e. The Bertz CT molecular complexity index is 831. The third kappa shape index (κ3) is 2.25. The molecular weight excluding hydrogens is 274 g/mol. The zero-order valence-electron chi connectivity index (χ0n) is 10.3. The molecule has 0 aliphatic heterocycles. The Balaban J connectivity index is 1.99. The monoisotopic (exact) mass is 283 g/mol. The predicted molar refractivity (Wildman–Crippen MR) is 80.0 cm³/mol. The van der Waals surface area contributed by atoms with Gasteiger partial charge in [-0.15, -0.1) is 0 Å². The van der Waals surface area contributed by atoms with Crippen molar-refractivity contribution in [1.29, 1.82) is 5.26 Å². The van der Waals surface area contributed by atoms with Crippen LogP contribution in [0.5, 0.6) is 0 Å². The number of nitrogen functional groups attached to an aromatic ring is 1. The van der Waals surface area contributed by atoms with E-state index in [4.69, 9.17) is 22.6 Å². The van der Waals surface area contributed by atoms with E-state index in [0.717, 1.165) is 11.0 Å². The second-order valence-corrected chi connectivity index (χ2v) is 4.70. The average Bonchev–Trinajstić information content (AvgIpc) is 2.82. The summed E-state index contributed by atoms with van der Waals surface area (Å²) < 4.78 is 0. The van der Waals surface area contributed by atoms with E-state index in [1.165, 1.54) is 0 Å². The lowest BCUT2D eigenvalue weighted by molar-refractivity contribution is 1.31. The molecule has 5 nitrogen and oxygen atoms in total. The standard InChI is InChI=1S/C14H10ClN5/c15-10-3-1-8(7-16)5-12(10)19-14-18-11-4-2-9(17)6-13(11)20-14/h1-6H,17H2,(H2,18,19,20). The number of nitriles is 1. The van der Waals surface area contributed by atoms with Crippen molar-refractivity contribution in [3.05, 3.63) is 47.0 Å². The van der Waals surface area contributed by atoms with Gasteiger partial charge in [-0.1, -0.05) is 11.6 Å². The number of hydrogen-bond acceptors (Lipinski definition) is 4. The van der Waals surface area contributed by atoms with E-state index in [2.05, 4.69) is 21.4 Å². The van der Waals surface area contributed by atoms with Gasteiger partial charge in [0.2, 0.25) is 5.95 Å². The fourth-order valence-corrected chi connectivity index (χ4v) is 2.07. The molecule has 0 saturated heterocycles. The van der Waals surface area contributed by atoms with Crippen molar-refractivity contribution >= 4 is 40.0 Å². The van der Waals surface area contributed by atoms with Crippen molar-refractivity contribution in [1.82, 2.24) is 9.97 Å². The molecule has 0 fully saturated rings. The van der Waals surface area contributed by atoms with Crippen LogP contribution in [0.15, 0.2) is 36.4 Å². The van der Waals surface area contributed by atoms with Crippen LogP contribution < -0.4 is 11.1 Å². The highest BCUT2D eigenvalue weighted by molar-refractivity contribution is 6.33. The van der Waals surface area contributed by atoms with Gasteiger partial charge >= 0.3 is 0 Å². The minimum atomic E-state index is 0.518. The normalized spacial score (nSPS) is 10.4. The molecule has 0 atom stereocenters. The molecule has 3 rings (SSSR count). The van der Waals surface area contributed by atoms with Crippen LogP contribution in [0.2, 0.25) is 5.02 Å². The summed E-state index contributed by atoms with van der Waals surface area (Å²) in [6.45, 7) is 0. The lowest BCUT2D eigenvalue weighted by Crippen LogP contribution is -1.93. The number of anilines is 3. The van der Waals surface area contributed by atoms with Gasteiger partial charge in [-0.2, -0.15) is 5.26 Å². The Morgan fingerprint density at radius 1 is 1.25 bits per heavy atom. The molecule has 0 aliphatic rings. The van der Waals surface area contributed by atoms with Crippen molar-refractivity contribution in [2.45, 2.75) is 0 Å². The van der Waals surface area contributed by atoms with Crippen LogP contribution in [0.4, 0.5) is 17.3 Å². The van der Waals surface area contributed by atoms with Gasteiger partial charge in [0.1, 0.15) is 0 Å². The number of fused-ring (bicyclic) bond motifs is 1.